The largest absolute Gasteiger partial charge is 0.494 e. The lowest BCUT2D eigenvalue weighted by Crippen LogP contribution is -2.18. The summed E-state index contributed by atoms with van der Waals surface area (Å²) < 4.78 is 6.53. The van der Waals surface area contributed by atoms with Crippen LogP contribution >= 0.6 is 27.5 Å². The van der Waals surface area contributed by atoms with Crippen molar-refractivity contribution in [2.45, 2.75) is 19.9 Å². The van der Waals surface area contributed by atoms with Crippen LogP contribution in [0.5, 0.6) is 5.75 Å². The van der Waals surface area contributed by atoms with E-state index in [0.29, 0.717) is 6.61 Å². The lowest BCUT2D eigenvalue weighted by Gasteiger charge is -2.21. The Morgan fingerprint density at radius 3 is 2.48 bits per heavy atom. The fourth-order valence-electron chi connectivity index (χ4n) is 2.34. The molecular weight excluding hydrogens is 350 g/mol. The summed E-state index contributed by atoms with van der Waals surface area (Å²) >= 11 is 10.0. The Hall–Kier alpha value is -1.03. The Kier molecular flexibility index (Phi) is 5.68. The van der Waals surface area contributed by atoms with Crippen LogP contribution in [0.2, 0.25) is 5.02 Å². The molecule has 2 aromatic carbocycles. The van der Waals surface area contributed by atoms with E-state index in [2.05, 4.69) is 39.4 Å². The van der Waals surface area contributed by atoms with Gasteiger partial charge in [0.15, 0.2) is 0 Å². The normalized spacial score (nSPS) is 12.2. The summed E-state index contributed by atoms with van der Waals surface area (Å²) in [6.45, 7) is 4.67. The second kappa shape index (κ2) is 7.30. The van der Waals surface area contributed by atoms with E-state index in [1.165, 1.54) is 0 Å². The molecule has 1 atom stereocenters. The minimum Gasteiger partial charge on any atom is -0.494 e. The van der Waals surface area contributed by atoms with Crippen molar-refractivity contribution in [2.24, 2.45) is 0 Å². The zero-order chi connectivity index (χ0) is 15.4. The standard InChI is InChI=1S/C17H19BrClNO/c1-4-21-12-6-8-13(15(18)10-12)17(20-3)14-7-5-11(2)9-16(14)19/h5-10,17,20H,4H2,1-3H3. The summed E-state index contributed by atoms with van der Waals surface area (Å²) in [7, 11) is 1.93. The minimum atomic E-state index is 0.0307. The van der Waals surface area contributed by atoms with E-state index < -0.39 is 0 Å². The number of aryl methyl sites for hydroxylation is 1. The summed E-state index contributed by atoms with van der Waals surface area (Å²) in [4.78, 5) is 0. The maximum Gasteiger partial charge on any atom is 0.120 e. The monoisotopic (exact) mass is 367 g/mol. The lowest BCUT2D eigenvalue weighted by atomic mass is 9.98. The van der Waals surface area contributed by atoms with Crippen molar-refractivity contribution in [1.82, 2.24) is 5.32 Å². The quantitative estimate of drug-likeness (QED) is 0.791. The molecule has 2 nitrogen and oxygen atoms in total. The van der Waals surface area contributed by atoms with Crippen LogP contribution in [0.4, 0.5) is 0 Å². The van der Waals surface area contributed by atoms with E-state index in [1.54, 1.807) is 0 Å². The Morgan fingerprint density at radius 2 is 1.90 bits per heavy atom. The second-order valence-corrected chi connectivity index (χ2v) is 6.12. The predicted octanol–water partition coefficient (Wildman–Crippen LogP) is 5.12. The lowest BCUT2D eigenvalue weighted by molar-refractivity contribution is 0.340. The third-order valence-electron chi connectivity index (χ3n) is 3.35. The summed E-state index contributed by atoms with van der Waals surface area (Å²) in [5.74, 6) is 0.859. The molecule has 0 saturated heterocycles. The summed E-state index contributed by atoms with van der Waals surface area (Å²) in [6, 6.07) is 12.2. The highest BCUT2D eigenvalue weighted by Crippen LogP contribution is 2.34. The topological polar surface area (TPSA) is 21.3 Å². The third kappa shape index (κ3) is 3.79. The van der Waals surface area contributed by atoms with Crippen molar-refractivity contribution in [3.63, 3.8) is 0 Å². The van der Waals surface area contributed by atoms with E-state index in [0.717, 1.165) is 31.9 Å². The molecule has 2 aromatic rings. The number of benzene rings is 2. The molecule has 21 heavy (non-hydrogen) atoms. The van der Waals surface area contributed by atoms with Crippen molar-refractivity contribution >= 4 is 27.5 Å². The van der Waals surface area contributed by atoms with Crippen molar-refractivity contribution in [3.05, 3.63) is 62.6 Å². The first-order valence-electron chi connectivity index (χ1n) is 6.92. The predicted molar refractivity (Wildman–Crippen MR) is 92.4 cm³/mol. The molecule has 1 unspecified atom stereocenters. The average Bonchev–Trinajstić information content (AvgIpc) is 2.44. The van der Waals surface area contributed by atoms with Gasteiger partial charge in [-0.2, -0.15) is 0 Å². The average molecular weight is 369 g/mol. The van der Waals surface area contributed by atoms with Crippen LogP contribution in [-0.2, 0) is 0 Å². The van der Waals surface area contributed by atoms with Crippen molar-refractivity contribution in [1.29, 1.82) is 0 Å². The molecule has 0 aromatic heterocycles. The fourth-order valence-corrected chi connectivity index (χ4v) is 3.27. The van der Waals surface area contributed by atoms with Gasteiger partial charge in [-0.3, -0.25) is 0 Å². The van der Waals surface area contributed by atoms with Gasteiger partial charge in [-0.1, -0.05) is 45.7 Å². The molecule has 0 bridgehead atoms. The van der Waals surface area contributed by atoms with Crippen molar-refractivity contribution in [3.8, 4) is 5.75 Å². The van der Waals surface area contributed by atoms with Crippen LogP contribution in [0.1, 0.15) is 29.7 Å². The SMILES string of the molecule is CCOc1ccc(C(NC)c2ccc(C)cc2Cl)c(Br)c1. The van der Waals surface area contributed by atoms with Crippen LogP contribution < -0.4 is 10.1 Å². The van der Waals surface area contributed by atoms with Gasteiger partial charge in [0, 0.05) is 9.50 Å². The van der Waals surface area contributed by atoms with Crippen LogP contribution in [0, 0.1) is 6.92 Å². The summed E-state index contributed by atoms with van der Waals surface area (Å²) in [5, 5.41) is 4.11. The van der Waals surface area contributed by atoms with Gasteiger partial charge in [0.1, 0.15) is 5.75 Å². The molecule has 0 aliphatic heterocycles. The highest BCUT2D eigenvalue weighted by atomic mass is 79.9. The number of hydrogen-bond donors (Lipinski definition) is 1. The van der Waals surface area contributed by atoms with Crippen molar-refractivity contribution in [2.75, 3.05) is 13.7 Å². The van der Waals surface area contributed by atoms with Gasteiger partial charge in [0.05, 0.1) is 12.6 Å². The molecule has 0 radical (unpaired) electrons. The molecule has 0 aliphatic carbocycles. The van der Waals surface area contributed by atoms with Gasteiger partial charge in [-0.25, -0.2) is 0 Å². The molecule has 0 aliphatic rings. The molecule has 0 amide bonds. The Labute approximate surface area is 139 Å². The Morgan fingerprint density at radius 1 is 1.19 bits per heavy atom. The highest BCUT2D eigenvalue weighted by Gasteiger charge is 2.18. The van der Waals surface area contributed by atoms with E-state index in [1.807, 2.05) is 39.1 Å². The molecule has 0 saturated carbocycles. The molecule has 4 heteroatoms. The van der Waals surface area contributed by atoms with Crippen LogP contribution in [0.15, 0.2) is 40.9 Å². The molecule has 2 rings (SSSR count). The Balaban J connectivity index is 2.41. The van der Waals surface area contributed by atoms with Gasteiger partial charge in [-0.05, 0) is 55.8 Å². The fraction of sp³-hybridized carbons (Fsp3) is 0.294. The molecule has 0 fully saturated rings. The van der Waals surface area contributed by atoms with E-state index >= 15 is 0 Å². The van der Waals surface area contributed by atoms with E-state index in [9.17, 15) is 0 Å². The summed E-state index contributed by atoms with van der Waals surface area (Å²) in [6.07, 6.45) is 0. The molecule has 112 valence electrons. The number of nitrogens with one attached hydrogen (secondary N) is 1. The molecular formula is C17H19BrClNO. The van der Waals surface area contributed by atoms with Crippen molar-refractivity contribution < 1.29 is 4.74 Å². The first-order valence-corrected chi connectivity index (χ1v) is 8.09. The van der Waals surface area contributed by atoms with Gasteiger partial charge >= 0.3 is 0 Å². The van der Waals surface area contributed by atoms with Gasteiger partial charge in [0.25, 0.3) is 0 Å². The maximum absolute atomic E-state index is 6.41. The zero-order valence-corrected chi connectivity index (χ0v) is 14.8. The minimum absolute atomic E-state index is 0.0307. The second-order valence-electron chi connectivity index (χ2n) is 4.86. The zero-order valence-electron chi connectivity index (χ0n) is 12.4. The van der Waals surface area contributed by atoms with Crippen LogP contribution in [0.25, 0.3) is 0 Å². The van der Waals surface area contributed by atoms with Crippen LogP contribution in [-0.4, -0.2) is 13.7 Å². The number of rotatable bonds is 5. The van der Waals surface area contributed by atoms with E-state index in [-0.39, 0.29) is 6.04 Å². The maximum atomic E-state index is 6.41. The molecule has 1 N–H and O–H groups in total. The highest BCUT2D eigenvalue weighted by molar-refractivity contribution is 9.10. The number of ether oxygens (including phenoxy) is 1. The van der Waals surface area contributed by atoms with E-state index in [4.69, 9.17) is 16.3 Å². The molecule has 0 heterocycles. The first kappa shape index (κ1) is 16.3. The first-order chi connectivity index (χ1) is 10.1. The molecule has 0 spiro atoms. The number of hydrogen-bond acceptors (Lipinski definition) is 2. The Bertz CT molecular complexity index is 630. The van der Waals surface area contributed by atoms with Gasteiger partial charge < -0.3 is 10.1 Å². The smallest absolute Gasteiger partial charge is 0.120 e. The third-order valence-corrected chi connectivity index (χ3v) is 4.36. The van der Waals surface area contributed by atoms with Gasteiger partial charge in [-0.15, -0.1) is 0 Å². The summed E-state index contributed by atoms with van der Waals surface area (Å²) in [5.41, 5.74) is 3.35. The van der Waals surface area contributed by atoms with Crippen LogP contribution in [0.3, 0.4) is 0 Å². The van der Waals surface area contributed by atoms with Gasteiger partial charge in [0.2, 0.25) is 0 Å². The number of halogens is 2.